The number of alkyl halides is 3. The number of carbonyl (C=O) groups excluding carboxylic acids is 1. The molecule has 2 amide bonds. The summed E-state index contributed by atoms with van der Waals surface area (Å²) in [5, 5.41) is 4.86. The molecule has 0 aliphatic rings. The number of halogens is 3. The number of benzene rings is 2. The van der Waals surface area contributed by atoms with E-state index in [4.69, 9.17) is 4.74 Å². The molecule has 2 aromatic heterocycles. The van der Waals surface area contributed by atoms with Crippen molar-refractivity contribution in [2.75, 3.05) is 10.6 Å². The van der Waals surface area contributed by atoms with Crippen molar-refractivity contribution >= 4 is 17.4 Å². The van der Waals surface area contributed by atoms with E-state index in [1.807, 2.05) is 24.5 Å². The van der Waals surface area contributed by atoms with Gasteiger partial charge in [-0.1, -0.05) is 12.1 Å². The fourth-order valence-corrected chi connectivity index (χ4v) is 2.81. The number of anilines is 2. The smallest absolute Gasteiger partial charge is 0.439 e. The third-order valence-electron chi connectivity index (χ3n) is 4.19. The Morgan fingerprint density at radius 2 is 1.64 bits per heavy atom. The van der Waals surface area contributed by atoms with Gasteiger partial charge >= 0.3 is 12.4 Å². The molecule has 0 bridgehead atoms. The van der Waals surface area contributed by atoms with E-state index >= 15 is 0 Å². The second-order valence-corrected chi connectivity index (χ2v) is 6.55. The average molecular weight is 455 g/mol. The Morgan fingerprint density at radius 3 is 2.36 bits per heavy atom. The van der Waals surface area contributed by atoms with Gasteiger partial charge in [0.1, 0.15) is 17.9 Å². The minimum Gasteiger partial charge on any atom is -0.439 e. The summed E-state index contributed by atoms with van der Waals surface area (Å²) in [6, 6.07) is 16.2. The Labute approximate surface area is 185 Å². The predicted octanol–water partition coefficient (Wildman–Crippen LogP) is 5.60. The highest BCUT2D eigenvalue weighted by molar-refractivity contribution is 6.00. The molecule has 0 fully saturated rings. The number of rotatable bonds is 6. The monoisotopic (exact) mass is 455 g/mol. The zero-order valence-corrected chi connectivity index (χ0v) is 16.8. The Bertz CT molecular complexity index is 1230. The first-order valence-electron chi connectivity index (χ1n) is 9.52. The van der Waals surface area contributed by atoms with Crippen LogP contribution in [0.5, 0.6) is 17.4 Å². The van der Waals surface area contributed by atoms with Gasteiger partial charge in [0.15, 0.2) is 5.75 Å². The maximum Gasteiger partial charge on any atom is 0.573 e. The van der Waals surface area contributed by atoms with Gasteiger partial charge in [-0.05, 0) is 48.5 Å². The van der Waals surface area contributed by atoms with Crippen LogP contribution in [0.2, 0.25) is 0 Å². The van der Waals surface area contributed by atoms with Crippen molar-refractivity contribution in [1.29, 1.82) is 0 Å². The molecule has 8 nitrogen and oxygen atoms in total. The summed E-state index contributed by atoms with van der Waals surface area (Å²) in [7, 11) is 0. The van der Waals surface area contributed by atoms with Gasteiger partial charge in [-0.2, -0.15) is 0 Å². The maximum atomic E-state index is 12.5. The summed E-state index contributed by atoms with van der Waals surface area (Å²) in [5.74, 6) is 0.901. The minimum absolute atomic E-state index is 0.130. The second-order valence-electron chi connectivity index (χ2n) is 6.55. The third kappa shape index (κ3) is 6.00. The molecule has 2 heterocycles. The summed E-state index contributed by atoms with van der Waals surface area (Å²) in [6.07, 6.45) is 0.179. The highest BCUT2D eigenvalue weighted by Gasteiger charge is 2.32. The molecule has 0 atom stereocenters. The summed E-state index contributed by atoms with van der Waals surface area (Å²) in [4.78, 5) is 20.5. The van der Waals surface area contributed by atoms with E-state index in [0.29, 0.717) is 23.1 Å². The quantitative estimate of drug-likeness (QED) is 0.395. The Hall–Kier alpha value is -4.54. The summed E-state index contributed by atoms with van der Waals surface area (Å²) in [5.41, 5.74) is 0.263. The molecule has 2 N–H and O–H groups in total. The number of carbonyl (C=O) groups is 1. The SMILES string of the molecule is O=C(Nc1ccc(Oc2cc(-n3cccc3)ncn2)cc1)Nc1ccccc1OC(F)(F)F. The largest absolute Gasteiger partial charge is 0.573 e. The average Bonchev–Trinajstić information content (AvgIpc) is 3.31. The van der Waals surface area contributed by atoms with Gasteiger partial charge in [-0.15, -0.1) is 13.2 Å². The second kappa shape index (κ2) is 9.30. The van der Waals surface area contributed by atoms with Crippen molar-refractivity contribution in [3.05, 3.63) is 85.5 Å². The van der Waals surface area contributed by atoms with E-state index < -0.39 is 18.1 Å². The minimum atomic E-state index is -4.88. The van der Waals surface area contributed by atoms with Gasteiger partial charge in [0, 0.05) is 24.1 Å². The lowest BCUT2D eigenvalue weighted by Gasteiger charge is -2.14. The van der Waals surface area contributed by atoms with Crippen molar-refractivity contribution in [2.24, 2.45) is 0 Å². The maximum absolute atomic E-state index is 12.5. The Kier molecular flexibility index (Phi) is 6.11. The van der Waals surface area contributed by atoms with E-state index in [-0.39, 0.29) is 5.69 Å². The molecule has 168 valence electrons. The normalized spacial score (nSPS) is 11.0. The van der Waals surface area contributed by atoms with Crippen LogP contribution in [0.25, 0.3) is 5.82 Å². The molecule has 0 saturated carbocycles. The molecule has 0 saturated heterocycles. The number of nitrogens with zero attached hydrogens (tertiary/aromatic N) is 3. The lowest BCUT2D eigenvalue weighted by atomic mass is 10.3. The number of amides is 2. The highest BCUT2D eigenvalue weighted by atomic mass is 19.4. The number of hydrogen-bond donors (Lipinski definition) is 2. The standard InChI is InChI=1S/C22H16F3N5O3/c23-22(24,25)33-18-6-2-1-5-17(18)29-21(31)28-15-7-9-16(10-8-15)32-20-13-19(26-14-27-20)30-11-3-4-12-30/h1-14H,(H2,28,29,31). The lowest BCUT2D eigenvalue weighted by molar-refractivity contribution is -0.274. The number of ether oxygens (including phenoxy) is 2. The third-order valence-corrected chi connectivity index (χ3v) is 4.19. The molecule has 11 heteroatoms. The van der Waals surface area contributed by atoms with E-state index in [9.17, 15) is 18.0 Å². The van der Waals surface area contributed by atoms with E-state index in [0.717, 1.165) is 6.07 Å². The van der Waals surface area contributed by atoms with E-state index in [1.54, 1.807) is 34.9 Å². The van der Waals surface area contributed by atoms with Crippen molar-refractivity contribution in [1.82, 2.24) is 14.5 Å². The van der Waals surface area contributed by atoms with Crippen LogP contribution in [0.1, 0.15) is 0 Å². The van der Waals surface area contributed by atoms with Crippen molar-refractivity contribution in [3.63, 3.8) is 0 Å². The van der Waals surface area contributed by atoms with Gasteiger partial charge in [0.2, 0.25) is 5.88 Å². The first-order valence-corrected chi connectivity index (χ1v) is 9.52. The van der Waals surface area contributed by atoms with Crippen molar-refractivity contribution in [3.8, 4) is 23.2 Å². The van der Waals surface area contributed by atoms with Gasteiger partial charge in [0.05, 0.1) is 5.69 Å². The first kappa shape index (κ1) is 21.7. The number of aromatic nitrogens is 3. The van der Waals surface area contributed by atoms with E-state index in [2.05, 4.69) is 25.3 Å². The molecular weight excluding hydrogens is 439 g/mol. The van der Waals surface area contributed by atoms with Crippen LogP contribution in [-0.2, 0) is 0 Å². The summed E-state index contributed by atoms with van der Waals surface area (Å²) < 4.78 is 49.0. The van der Waals surface area contributed by atoms with Crippen LogP contribution in [0.15, 0.2) is 85.5 Å². The lowest BCUT2D eigenvalue weighted by Crippen LogP contribution is -2.22. The Morgan fingerprint density at radius 1 is 0.909 bits per heavy atom. The molecular formula is C22H16F3N5O3. The molecule has 0 spiro atoms. The van der Waals surface area contributed by atoms with Crippen molar-refractivity contribution in [2.45, 2.75) is 6.36 Å². The van der Waals surface area contributed by atoms with E-state index in [1.165, 1.54) is 24.5 Å². The van der Waals surface area contributed by atoms with Crippen LogP contribution in [0.4, 0.5) is 29.3 Å². The molecule has 4 aromatic rings. The Balaban J connectivity index is 1.38. The highest BCUT2D eigenvalue weighted by Crippen LogP contribution is 2.30. The molecule has 0 unspecified atom stereocenters. The molecule has 0 aliphatic carbocycles. The molecule has 33 heavy (non-hydrogen) atoms. The van der Waals surface area contributed by atoms with Gasteiger partial charge < -0.3 is 24.7 Å². The molecule has 0 aliphatic heterocycles. The van der Waals surface area contributed by atoms with Crippen LogP contribution in [-0.4, -0.2) is 26.9 Å². The summed E-state index contributed by atoms with van der Waals surface area (Å²) >= 11 is 0. The number of para-hydroxylation sites is 2. The van der Waals surface area contributed by atoms with Gasteiger partial charge in [0.25, 0.3) is 0 Å². The number of urea groups is 1. The number of hydrogen-bond acceptors (Lipinski definition) is 5. The van der Waals surface area contributed by atoms with Gasteiger partial charge in [-0.3, -0.25) is 0 Å². The zero-order chi connectivity index (χ0) is 23.3. The molecule has 0 radical (unpaired) electrons. The predicted molar refractivity (Wildman–Crippen MR) is 114 cm³/mol. The molecule has 2 aromatic carbocycles. The van der Waals surface area contributed by atoms with Crippen LogP contribution >= 0.6 is 0 Å². The van der Waals surface area contributed by atoms with Crippen LogP contribution in [0.3, 0.4) is 0 Å². The van der Waals surface area contributed by atoms with Crippen LogP contribution in [0, 0.1) is 0 Å². The fourth-order valence-electron chi connectivity index (χ4n) is 2.81. The summed E-state index contributed by atoms with van der Waals surface area (Å²) in [6.45, 7) is 0. The molecule has 4 rings (SSSR count). The zero-order valence-electron chi connectivity index (χ0n) is 16.8. The first-order chi connectivity index (χ1) is 15.9. The fraction of sp³-hybridized carbons (Fsp3) is 0.0455. The number of nitrogens with one attached hydrogen (secondary N) is 2. The topological polar surface area (TPSA) is 90.3 Å². The van der Waals surface area contributed by atoms with Crippen LogP contribution < -0.4 is 20.1 Å². The van der Waals surface area contributed by atoms with Gasteiger partial charge in [-0.25, -0.2) is 14.8 Å². The van der Waals surface area contributed by atoms with Crippen molar-refractivity contribution < 1.29 is 27.4 Å².